The highest BCUT2D eigenvalue weighted by atomic mass is 32.1. The number of hydrogen-bond acceptors (Lipinski definition) is 6. The van der Waals surface area contributed by atoms with Crippen molar-refractivity contribution in [2.24, 2.45) is 0 Å². The standard InChI is InChI=1S/C22H26N4O2S/c1-4-18-13-19-21(23-16(3)24-22(19)29-18)26-11-9-25(10-12-26)20(27)14-28-17-7-5-15(2)6-8-17/h5-8,13H,4,9-12,14H2,1-3H3. The van der Waals surface area contributed by atoms with E-state index in [-0.39, 0.29) is 12.5 Å². The molecule has 0 saturated carbocycles. The zero-order chi connectivity index (χ0) is 20.4. The number of piperazine rings is 1. The summed E-state index contributed by atoms with van der Waals surface area (Å²) in [6.45, 7) is 9.07. The summed E-state index contributed by atoms with van der Waals surface area (Å²) >= 11 is 1.74. The number of hydrogen-bond donors (Lipinski definition) is 0. The van der Waals surface area contributed by atoms with Crippen LogP contribution in [0.5, 0.6) is 5.75 Å². The number of aryl methyl sites for hydroxylation is 3. The summed E-state index contributed by atoms with van der Waals surface area (Å²) in [5.74, 6) is 2.54. The quantitative estimate of drug-likeness (QED) is 0.643. The van der Waals surface area contributed by atoms with E-state index in [0.717, 1.165) is 47.1 Å². The molecule has 1 aromatic carbocycles. The largest absolute Gasteiger partial charge is 0.484 e. The van der Waals surface area contributed by atoms with Crippen LogP contribution in [0.15, 0.2) is 30.3 Å². The van der Waals surface area contributed by atoms with Crippen LogP contribution in [0, 0.1) is 13.8 Å². The summed E-state index contributed by atoms with van der Waals surface area (Å²) in [6, 6.07) is 9.97. The van der Waals surface area contributed by atoms with Gasteiger partial charge in [-0.15, -0.1) is 11.3 Å². The first-order valence-electron chi connectivity index (χ1n) is 10.0. The minimum atomic E-state index is 0.0260. The molecule has 6 nitrogen and oxygen atoms in total. The van der Waals surface area contributed by atoms with Gasteiger partial charge in [0, 0.05) is 31.1 Å². The van der Waals surface area contributed by atoms with Crippen LogP contribution in [0.2, 0.25) is 0 Å². The van der Waals surface area contributed by atoms with Crippen molar-refractivity contribution in [1.82, 2.24) is 14.9 Å². The Bertz CT molecular complexity index is 1010. The van der Waals surface area contributed by atoms with Gasteiger partial charge in [-0.25, -0.2) is 9.97 Å². The van der Waals surface area contributed by atoms with Gasteiger partial charge < -0.3 is 14.5 Å². The third-order valence-corrected chi connectivity index (χ3v) is 6.37. The first-order valence-corrected chi connectivity index (χ1v) is 10.8. The number of carbonyl (C=O) groups is 1. The molecule has 0 aliphatic carbocycles. The maximum Gasteiger partial charge on any atom is 0.260 e. The summed E-state index contributed by atoms with van der Waals surface area (Å²) in [5.41, 5.74) is 1.17. The molecule has 152 valence electrons. The summed E-state index contributed by atoms with van der Waals surface area (Å²) < 4.78 is 5.65. The van der Waals surface area contributed by atoms with E-state index in [1.807, 2.05) is 43.0 Å². The number of benzene rings is 1. The summed E-state index contributed by atoms with van der Waals surface area (Å²) in [4.78, 5) is 28.4. The average Bonchev–Trinajstić information content (AvgIpc) is 3.15. The van der Waals surface area contributed by atoms with Gasteiger partial charge in [-0.3, -0.25) is 4.79 Å². The van der Waals surface area contributed by atoms with Gasteiger partial charge in [-0.05, 0) is 38.5 Å². The minimum Gasteiger partial charge on any atom is -0.484 e. The zero-order valence-electron chi connectivity index (χ0n) is 17.1. The zero-order valence-corrected chi connectivity index (χ0v) is 18.0. The van der Waals surface area contributed by atoms with E-state index < -0.39 is 0 Å². The molecule has 4 rings (SSSR count). The van der Waals surface area contributed by atoms with Crippen molar-refractivity contribution >= 4 is 33.3 Å². The number of carbonyl (C=O) groups excluding carboxylic acids is 1. The predicted octanol–water partition coefficient (Wildman–Crippen LogP) is 3.60. The number of nitrogens with zero attached hydrogens (tertiary/aromatic N) is 4. The topological polar surface area (TPSA) is 58.6 Å². The number of amides is 1. The van der Waals surface area contributed by atoms with Gasteiger partial charge in [0.25, 0.3) is 5.91 Å². The number of ether oxygens (including phenoxy) is 1. The van der Waals surface area contributed by atoms with Crippen LogP contribution in [0.25, 0.3) is 10.2 Å². The maximum absolute atomic E-state index is 12.5. The SMILES string of the molecule is CCc1cc2c(N3CCN(C(=O)COc4ccc(C)cc4)CC3)nc(C)nc2s1. The van der Waals surface area contributed by atoms with Crippen molar-refractivity contribution in [2.75, 3.05) is 37.7 Å². The maximum atomic E-state index is 12.5. The van der Waals surface area contributed by atoms with Crippen molar-refractivity contribution in [3.8, 4) is 5.75 Å². The molecule has 0 N–H and O–H groups in total. The molecule has 29 heavy (non-hydrogen) atoms. The fourth-order valence-electron chi connectivity index (χ4n) is 3.51. The monoisotopic (exact) mass is 410 g/mol. The molecular formula is C22H26N4O2S. The Morgan fingerprint density at radius 2 is 1.83 bits per heavy atom. The molecule has 1 amide bonds. The second-order valence-electron chi connectivity index (χ2n) is 7.35. The Morgan fingerprint density at radius 3 is 2.52 bits per heavy atom. The molecule has 0 radical (unpaired) electrons. The van der Waals surface area contributed by atoms with E-state index in [2.05, 4.69) is 22.9 Å². The van der Waals surface area contributed by atoms with Crippen LogP contribution >= 0.6 is 11.3 Å². The van der Waals surface area contributed by atoms with E-state index in [9.17, 15) is 4.79 Å². The lowest BCUT2D eigenvalue weighted by Crippen LogP contribution is -2.50. The van der Waals surface area contributed by atoms with Crippen molar-refractivity contribution in [3.05, 3.63) is 46.6 Å². The van der Waals surface area contributed by atoms with Gasteiger partial charge in [-0.2, -0.15) is 0 Å². The van der Waals surface area contributed by atoms with Gasteiger partial charge in [0.1, 0.15) is 22.2 Å². The van der Waals surface area contributed by atoms with Gasteiger partial charge in [-0.1, -0.05) is 24.6 Å². The Balaban J connectivity index is 1.39. The number of rotatable bonds is 5. The van der Waals surface area contributed by atoms with E-state index >= 15 is 0 Å². The number of aromatic nitrogens is 2. The summed E-state index contributed by atoms with van der Waals surface area (Å²) in [5, 5.41) is 1.12. The van der Waals surface area contributed by atoms with Gasteiger partial charge >= 0.3 is 0 Å². The molecule has 1 fully saturated rings. The summed E-state index contributed by atoms with van der Waals surface area (Å²) in [6.07, 6.45) is 1.00. The van der Waals surface area contributed by atoms with Crippen molar-refractivity contribution in [2.45, 2.75) is 27.2 Å². The van der Waals surface area contributed by atoms with E-state index in [1.165, 1.54) is 10.4 Å². The highest BCUT2D eigenvalue weighted by molar-refractivity contribution is 7.18. The molecule has 1 aliphatic heterocycles. The van der Waals surface area contributed by atoms with Gasteiger partial charge in [0.2, 0.25) is 0 Å². The van der Waals surface area contributed by atoms with Crippen LogP contribution in [0.1, 0.15) is 23.2 Å². The highest BCUT2D eigenvalue weighted by Gasteiger charge is 2.24. The van der Waals surface area contributed by atoms with E-state index in [1.54, 1.807) is 11.3 Å². The summed E-state index contributed by atoms with van der Waals surface area (Å²) in [7, 11) is 0. The smallest absolute Gasteiger partial charge is 0.260 e. The molecule has 0 spiro atoms. The second kappa shape index (κ2) is 8.37. The molecule has 0 atom stereocenters. The third-order valence-electron chi connectivity index (χ3n) is 5.20. The van der Waals surface area contributed by atoms with Crippen LogP contribution in [-0.4, -0.2) is 53.6 Å². The highest BCUT2D eigenvalue weighted by Crippen LogP contribution is 2.31. The fourth-order valence-corrected chi connectivity index (χ4v) is 4.52. The van der Waals surface area contributed by atoms with Crippen LogP contribution in [0.4, 0.5) is 5.82 Å². The molecule has 2 aromatic heterocycles. The van der Waals surface area contributed by atoms with Crippen molar-refractivity contribution < 1.29 is 9.53 Å². The molecule has 1 saturated heterocycles. The minimum absolute atomic E-state index is 0.0260. The van der Waals surface area contributed by atoms with E-state index in [0.29, 0.717) is 13.1 Å². The first kappa shape index (κ1) is 19.6. The Hall–Kier alpha value is -2.67. The van der Waals surface area contributed by atoms with Crippen LogP contribution in [0.3, 0.4) is 0 Å². The molecule has 3 heterocycles. The molecule has 3 aromatic rings. The fraction of sp³-hybridized carbons (Fsp3) is 0.409. The number of fused-ring (bicyclic) bond motifs is 1. The molecule has 1 aliphatic rings. The Morgan fingerprint density at radius 1 is 1.10 bits per heavy atom. The molecule has 0 unspecified atom stereocenters. The number of thiophene rings is 1. The van der Waals surface area contributed by atoms with Crippen LogP contribution < -0.4 is 9.64 Å². The first-order chi connectivity index (χ1) is 14.0. The normalized spacial score (nSPS) is 14.4. The second-order valence-corrected chi connectivity index (χ2v) is 8.46. The van der Waals surface area contributed by atoms with Crippen LogP contribution in [-0.2, 0) is 11.2 Å². The average molecular weight is 411 g/mol. The lowest BCUT2D eigenvalue weighted by Gasteiger charge is -2.35. The van der Waals surface area contributed by atoms with Crippen molar-refractivity contribution in [1.29, 1.82) is 0 Å². The Labute approximate surface area is 175 Å². The van der Waals surface area contributed by atoms with Gasteiger partial charge in [0.05, 0.1) is 5.39 Å². The molecule has 7 heteroatoms. The molecule has 0 bridgehead atoms. The van der Waals surface area contributed by atoms with Crippen molar-refractivity contribution in [3.63, 3.8) is 0 Å². The molecular weight excluding hydrogens is 384 g/mol. The third kappa shape index (κ3) is 4.34. The lowest BCUT2D eigenvalue weighted by molar-refractivity contribution is -0.133. The Kier molecular flexibility index (Phi) is 5.67. The van der Waals surface area contributed by atoms with Gasteiger partial charge in [0.15, 0.2) is 6.61 Å². The number of anilines is 1. The van der Waals surface area contributed by atoms with E-state index in [4.69, 9.17) is 9.72 Å². The predicted molar refractivity (Wildman–Crippen MR) is 117 cm³/mol. The lowest BCUT2D eigenvalue weighted by atomic mass is 10.2.